The zero-order valence-corrected chi connectivity index (χ0v) is 15.0. The molecule has 0 bridgehead atoms. The molecule has 2 N–H and O–H groups in total. The number of benzene rings is 1. The number of aromatic nitrogens is 1. The van der Waals surface area contributed by atoms with Crippen LogP contribution in [0.25, 0.3) is 5.69 Å². The monoisotopic (exact) mass is 339 g/mol. The lowest BCUT2D eigenvalue weighted by atomic mass is 9.91. The number of nitrogens with zero attached hydrogens (tertiary/aromatic N) is 2. The predicted octanol–water partition coefficient (Wildman–Crippen LogP) is 4.07. The highest BCUT2D eigenvalue weighted by Gasteiger charge is 2.28. The van der Waals surface area contributed by atoms with Crippen molar-refractivity contribution in [1.82, 2.24) is 4.57 Å². The molecule has 0 saturated carbocycles. The third-order valence-corrected chi connectivity index (χ3v) is 5.02. The molecule has 0 amide bonds. The summed E-state index contributed by atoms with van der Waals surface area (Å²) >= 11 is 5.70. The number of nitrogen functional groups attached to an aromatic ring is 1. The third kappa shape index (κ3) is 2.72. The van der Waals surface area contributed by atoms with E-state index in [0.717, 1.165) is 22.4 Å². The lowest BCUT2D eigenvalue weighted by molar-refractivity contribution is -0.000853. The highest BCUT2D eigenvalue weighted by molar-refractivity contribution is 7.71. The summed E-state index contributed by atoms with van der Waals surface area (Å²) in [7, 11) is 0. The Morgan fingerprint density at radius 3 is 2.75 bits per heavy atom. The van der Waals surface area contributed by atoms with Crippen LogP contribution in [-0.2, 0) is 17.8 Å². The molecule has 1 aliphatic rings. The number of pyridine rings is 1. The van der Waals surface area contributed by atoms with Gasteiger partial charge in [-0.1, -0.05) is 38.2 Å². The Morgan fingerprint density at radius 2 is 2.12 bits per heavy atom. The molecule has 5 heteroatoms. The number of anilines is 1. The van der Waals surface area contributed by atoms with Crippen LogP contribution in [0.4, 0.5) is 5.82 Å². The number of nitrogens with two attached hydrogens (primary N) is 1. The summed E-state index contributed by atoms with van der Waals surface area (Å²) < 4.78 is 8.39. The van der Waals surface area contributed by atoms with Gasteiger partial charge in [0.1, 0.15) is 16.5 Å². The minimum absolute atomic E-state index is 0.0909. The number of rotatable bonds is 2. The number of fused-ring (bicyclic) bond motifs is 1. The van der Waals surface area contributed by atoms with Crippen molar-refractivity contribution in [3.8, 4) is 11.8 Å². The Hall–Kier alpha value is -2.16. The largest absolute Gasteiger partial charge is 0.384 e. The Bertz CT molecular complexity index is 893. The van der Waals surface area contributed by atoms with Crippen molar-refractivity contribution in [2.24, 2.45) is 5.92 Å². The number of nitriles is 1. The summed E-state index contributed by atoms with van der Waals surface area (Å²) in [5.41, 5.74) is 10.7. The van der Waals surface area contributed by atoms with Crippen LogP contribution in [0, 0.1) is 28.8 Å². The molecule has 2 heterocycles. The molecule has 4 nitrogen and oxygen atoms in total. The highest BCUT2D eigenvalue weighted by Crippen LogP contribution is 2.33. The molecule has 1 atom stereocenters. The molecule has 1 unspecified atom stereocenters. The Morgan fingerprint density at radius 1 is 1.38 bits per heavy atom. The van der Waals surface area contributed by atoms with Gasteiger partial charge in [0.05, 0.1) is 18.3 Å². The molecule has 24 heavy (non-hydrogen) atoms. The molecule has 1 aliphatic heterocycles. The van der Waals surface area contributed by atoms with E-state index in [9.17, 15) is 5.26 Å². The van der Waals surface area contributed by atoms with Gasteiger partial charge in [-0.05, 0) is 36.1 Å². The second-order valence-corrected chi connectivity index (χ2v) is 6.99. The molecule has 1 aromatic carbocycles. The molecule has 0 spiro atoms. The van der Waals surface area contributed by atoms with Crippen LogP contribution in [0.3, 0.4) is 0 Å². The zero-order valence-electron chi connectivity index (χ0n) is 14.2. The quantitative estimate of drug-likeness (QED) is 0.838. The molecule has 0 fully saturated rings. The van der Waals surface area contributed by atoms with Crippen molar-refractivity contribution in [2.45, 2.75) is 39.9 Å². The molecule has 2 aromatic rings. The van der Waals surface area contributed by atoms with Gasteiger partial charge in [0.25, 0.3) is 0 Å². The van der Waals surface area contributed by atoms with Crippen LogP contribution in [-0.4, -0.2) is 10.7 Å². The summed E-state index contributed by atoms with van der Waals surface area (Å²) in [6.45, 7) is 6.69. The summed E-state index contributed by atoms with van der Waals surface area (Å²) in [5.74, 6) is 0.792. The van der Waals surface area contributed by atoms with E-state index in [0.29, 0.717) is 35.0 Å². The van der Waals surface area contributed by atoms with Gasteiger partial charge >= 0.3 is 0 Å². The van der Waals surface area contributed by atoms with E-state index in [1.165, 1.54) is 0 Å². The number of ether oxygens (including phenoxy) is 1. The van der Waals surface area contributed by atoms with E-state index in [1.54, 1.807) is 4.57 Å². The Kier molecular flexibility index (Phi) is 4.44. The maximum atomic E-state index is 9.70. The van der Waals surface area contributed by atoms with E-state index < -0.39 is 0 Å². The maximum absolute atomic E-state index is 9.70. The average molecular weight is 339 g/mol. The van der Waals surface area contributed by atoms with Crippen LogP contribution in [0.2, 0.25) is 0 Å². The van der Waals surface area contributed by atoms with E-state index in [2.05, 4.69) is 19.9 Å². The minimum atomic E-state index is 0.0909. The van der Waals surface area contributed by atoms with Gasteiger partial charge < -0.3 is 10.5 Å². The highest BCUT2D eigenvalue weighted by atomic mass is 32.1. The van der Waals surface area contributed by atoms with Gasteiger partial charge in [-0.2, -0.15) is 5.26 Å². The lowest BCUT2D eigenvalue weighted by Crippen LogP contribution is -2.29. The van der Waals surface area contributed by atoms with Crippen molar-refractivity contribution >= 4 is 18.0 Å². The normalized spacial score (nSPS) is 16.7. The topological polar surface area (TPSA) is 64.0 Å². The van der Waals surface area contributed by atoms with Gasteiger partial charge in [0.2, 0.25) is 0 Å². The van der Waals surface area contributed by atoms with Gasteiger partial charge in [-0.3, -0.25) is 4.57 Å². The van der Waals surface area contributed by atoms with Crippen molar-refractivity contribution in [3.05, 3.63) is 51.2 Å². The van der Waals surface area contributed by atoms with Crippen molar-refractivity contribution in [1.29, 1.82) is 5.26 Å². The minimum Gasteiger partial charge on any atom is -0.384 e. The number of aryl methyl sites for hydroxylation is 1. The Balaban J connectivity index is 2.26. The number of hydrogen-bond acceptors (Lipinski definition) is 4. The Labute approximate surface area is 147 Å². The van der Waals surface area contributed by atoms with E-state index in [4.69, 9.17) is 22.7 Å². The summed E-state index contributed by atoms with van der Waals surface area (Å²) in [6.07, 6.45) is 0.770. The zero-order chi connectivity index (χ0) is 17.4. The summed E-state index contributed by atoms with van der Waals surface area (Å²) in [4.78, 5) is 0. The first-order chi connectivity index (χ1) is 11.4. The number of hydrogen-bond donors (Lipinski definition) is 1. The molecule has 0 saturated heterocycles. The molecule has 3 rings (SSSR count). The fourth-order valence-corrected chi connectivity index (χ4v) is 3.58. The molecule has 124 valence electrons. The predicted molar refractivity (Wildman–Crippen MR) is 97.6 cm³/mol. The van der Waals surface area contributed by atoms with Crippen LogP contribution in [0.1, 0.15) is 36.1 Å². The van der Waals surface area contributed by atoms with Crippen LogP contribution < -0.4 is 5.73 Å². The van der Waals surface area contributed by atoms with Gasteiger partial charge in [0, 0.05) is 17.7 Å². The first kappa shape index (κ1) is 16.7. The van der Waals surface area contributed by atoms with Gasteiger partial charge in [-0.15, -0.1) is 0 Å². The standard InChI is InChI=1S/C19H21N3OS/c1-11(2)17-8-14-15(9-20)18(21)22(19(24)16(14)10-23-17)13-6-4-5-12(3)7-13/h4-7,11,17H,8,10,21H2,1-3H3. The van der Waals surface area contributed by atoms with Crippen LogP contribution >= 0.6 is 12.2 Å². The van der Waals surface area contributed by atoms with Gasteiger partial charge in [0.15, 0.2) is 0 Å². The fraction of sp³-hybridized carbons (Fsp3) is 0.368. The van der Waals surface area contributed by atoms with Crippen molar-refractivity contribution in [3.63, 3.8) is 0 Å². The maximum Gasteiger partial charge on any atom is 0.127 e. The fourth-order valence-electron chi connectivity index (χ4n) is 3.19. The van der Waals surface area contributed by atoms with E-state index in [1.807, 2.05) is 31.2 Å². The van der Waals surface area contributed by atoms with E-state index >= 15 is 0 Å². The molecule has 1 aromatic heterocycles. The molecule has 0 aliphatic carbocycles. The third-order valence-electron chi connectivity index (χ3n) is 4.59. The second-order valence-electron chi connectivity index (χ2n) is 6.61. The molecule has 0 radical (unpaired) electrons. The summed E-state index contributed by atoms with van der Waals surface area (Å²) in [6, 6.07) is 10.2. The lowest BCUT2D eigenvalue weighted by Gasteiger charge is -2.30. The first-order valence-corrected chi connectivity index (χ1v) is 8.49. The van der Waals surface area contributed by atoms with E-state index in [-0.39, 0.29) is 6.10 Å². The molecular formula is C19H21N3OS. The van der Waals surface area contributed by atoms with Gasteiger partial charge in [-0.25, -0.2) is 0 Å². The average Bonchev–Trinajstić information content (AvgIpc) is 2.55. The van der Waals surface area contributed by atoms with Crippen molar-refractivity contribution < 1.29 is 4.74 Å². The second kappa shape index (κ2) is 6.39. The SMILES string of the molecule is Cc1cccc(-n2c(N)c(C#N)c3c(c2=S)COC(C(C)C)C3)c1. The first-order valence-electron chi connectivity index (χ1n) is 8.09. The van der Waals surface area contributed by atoms with Crippen LogP contribution in [0.15, 0.2) is 24.3 Å². The van der Waals surface area contributed by atoms with Crippen LogP contribution in [0.5, 0.6) is 0 Å². The summed E-state index contributed by atoms with van der Waals surface area (Å²) in [5, 5.41) is 9.70. The molecular weight excluding hydrogens is 318 g/mol. The smallest absolute Gasteiger partial charge is 0.127 e. The van der Waals surface area contributed by atoms with Crippen molar-refractivity contribution in [2.75, 3.05) is 5.73 Å².